The van der Waals surface area contributed by atoms with Crippen LogP contribution in [0.2, 0.25) is 10.0 Å². The maximum Gasteiger partial charge on any atom is 0.307 e. The molecule has 5 nitrogen and oxygen atoms in total. The first-order chi connectivity index (χ1) is 12.0. The predicted molar refractivity (Wildman–Crippen MR) is 99.8 cm³/mol. The van der Waals surface area contributed by atoms with Crippen molar-refractivity contribution in [1.82, 2.24) is 4.90 Å². The highest BCUT2D eigenvalue weighted by molar-refractivity contribution is 6.35. The molecule has 0 aliphatic heterocycles. The molecule has 0 unspecified atom stereocenters. The van der Waals surface area contributed by atoms with Crippen molar-refractivity contribution < 1.29 is 19.1 Å². The summed E-state index contributed by atoms with van der Waals surface area (Å²) in [6.07, 6.45) is 3.91. The Bertz CT molecular complexity index is 605. The SMILES string of the molecule is CCOCCCN(CCC(=O)OC)C(=O)/C=C/c1ccc(Cl)cc1Cl. The first kappa shape index (κ1) is 21.5. The van der Waals surface area contributed by atoms with Gasteiger partial charge in [-0.05, 0) is 37.1 Å². The molecule has 0 atom stereocenters. The maximum atomic E-state index is 12.4. The zero-order valence-corrected chi connectivity index (χ0v) is 16.0. The zero-order valence-electron chi connectivity index (χ0n) is 14.5. The molecule has 1 aromatic rings. The summed E-state index contributed by atoms with van der Waals surface area (Å²) in [6.45, 7) is 3.89. The predicted octanol–water partition coefficient (Wildman–Crippen LogP) is 3.82. The Balaban J connectivity index is 2.71. The molecule has 138 valence electrons. The van der Waals surface area contributed by atoms with Crippen LogP contribution in [0.3, 0.4) is 0 Å². The molecule has 0 aromatic heterocycles. The van der Waals surface area contributed by atoms with Crippen molar-refractivity contribution in [1.29, 1.82) is 0 Å². The van der Waals surface area contributed by atoms with Crippen LogP contribution in [0.1, 0.15) is 25.3 Å². The van der Waals surface area contributed by atoms with E-state index >= 15 is 0 Å². The van der Waals surface area contributed by atoms with Crippen LogP contribution in [0.5, 0.6) is 0 Å². The Morgan fingerprint density at radius 1 is 1.24 bits per heavy atom. The van der Waals surface area contributed by atoms with Crippen molar-refractivity contribution in [3.8, 4) is 0 Å². The van der Waals surface area contributed by atoms with Crippen LogP contribution in [0, 0.1) is 0 Å². The summed E-state index contributed by atoms with van der Waals surface area (Å²) in [6, 6.07) is 5.06. The summed E-state index contributed by atoms with van der Waals surface area (Å²) < 4.78 is 9.92. The highest BCUT2D eigenvalue weighted by atomic mass is 35.5. The smallest absolute Gasteiger partial charge is 0.307 e. The van der Waals surface area contributed by atoms with Gasteiger partial charge in [-0.2, -0.15) is 0 Å². The number of nitrogens with zero attached hydrogens (tertiary/aromatic N) is 1. The van der Waals surface area contributed by atoms with Gasteiger partial charge in [0.15, 0.2) is 0 Å². The topological polar surface area (TPSA) is 55.8 Å². The molecule has 0 aliphatic rings. The fourth-order valence-electron chi connectivity index (χ4n) is 2.07. The van der Waals surface area contributed by atoms with Crippen LogP contribution in [0.15, 0.2) is 24.3 Å². The molecule has 1 aromatic carbocycles. The molecule has 0 bridgehead atoms. The van der Waals surface area contributed by atoms with Crippen molar-refractivity contribution in [2.45, 2.75) is 19.8 Å². The lowest BCUT2D eigenvalue weighted by Crippen LogP contribution is -2.33. The molecule has 7 heteroatoms. The number of benzene rings is 1. The summed E-state index contributed by atoms with van der Waals surface area (Å²) in [5, 5.41) is 0.998. The molecule has 0 heterocycles. The number of amides is 1. The number of halogens is 2. The average molecular weight is 388 g/mol. The van der Waals surface area contributed by atoms with Gasteiger partial charge in [0.1, 0.15) is 0 Å². The van der Waals surface area contributed by atoms with E-state index in [9.17, 15) is 9.59 Å². The lowest BCUT2D eigenvalue weighted by molar-refractivity contribution is -0.141. The number of methoxy groups -OCH3 is 1. The summed E-state index contributed by atoms with van der Waals surface area (Å²) in [5.74, 6) is -0.557. The molecule has 0 aliphatic carbocycles. The van der Waals surface area contributed by atoms with E-state index in [0.717, 1.165) is 0 Å². The van der Waals surface area contributed by atoms with Gasteiger partial charge in [0.25, 0.3) is 0 Å². The Morgan fingerprint density at radius 2 is 2.00 bits per heavy atom. The Hall–Kier alpha value is -1.56. The van der Waals surface area contributed by atoms with E-state index in [-0.39, 0.29) is 24.8 Å². The van der Waals surface area contributed by atoms with Gasteiger partial charge in [-0.1, -0.05) is 29.3 Å². The largest absolute Gasteiger partial charge is 0.469 e. The van der Waals surface area contributed by atoms with Crippen LogP contribution in [0.4, 0.5) is 0 Å². The first-order valence-electron chi connectivity index (χ1n) is 8.04. The summed E-state index contributed by atoms with van der Waals surface area (Å²) in [7, 11) is 1.33. The molecule has 0 spiro atoms. The number of ether oxygens (including phenoxy) is 2. The van der Waals surface area contributed by atoms with E-state index in [1.807, 2.05) is 6.92 Å². The summed E-state index contributed by atoms with van der Waals surface area (Å²) in [5.41, 5.74) is 0.696. The van der Waals surface area contributed by atoms with Crippen molar-refractivity contribution >= 4 is 41.2 Å². The standard InChI is InChI=1S/C18H23Cl2NO4/c1-3-25-12-4-10-21(11-9-18(23)24-2)17(22)8-6-14-5-7-15(19)13-16(14)20/h5-8,13H,3-4,9-12H2,1-2H3/b8-6+. The lowest BCUT2D eigenvalue weighted by Gasteiger charge is -2.20. The maximum absolute atomic E-state index is 12.4. The van der Waals surface area contributed by atoms with Gasteiger partial charge in [-0.3, -0.25) is 9.59 Å². The lowest BCUT2D eigenvalue weighted by atomic mass is 10.2. The number of rotatable bonds is 10. The minimum absolute atomic E-state index is 0.145. The average Bonchev–Trinajstić information content (AvgIpc) is 2.59. The van der Waals surface area contributed by atoms with E-state index in [1.165, 1.54) is 13.2 Å². The molecule has 1 rings (SSSR count). The van der Waals surface area contributed by atoms with E-state index in [0.29, 0.717) is 41.8 Å². The molecule has 25 heavy (non-hydrogen) atoms. The molecular formula is C18H23Cl2NO4. The van der Waals surface area contributed by atoms with Gasteiger partial charge in [-0.25, -0.2) is 0 Å². The van der Waals surface area contributed by atoms with Gasteiger partial charge in [0.05, 0.1) is 13.5 Å². The molecule has 0 radical (unpaired) electrons. The number of carbonyl (C=O) groups is 2. The van der Waals surface area contributed by atoms with Crippen LogP contribution < -0.4 is 0 Å². The van der Waals surface area contributed by atoms with Crippen molar-refractivity contribution in [3.63, 3.8) is 0 Å². The van der Waals surface area contributed by atoms with Crippen LogP contribution in [-0.4, -0.2) is 50.2 Å². The van der Waals surface area contributed by atoms with Gasteiger partial charge in [0.2, 0.25) is 5.91 Å². The van der Waals surface area contributed by atoms with Gasteiger partial charge >= 0.3 is 5.97 Å². The molecule has 0 fully saturated rings. The molecule has 0 saturated heterocycles. The normalized spacial score (nSPS) is 10.9. The monoisotopic (exact) mass is 387 g/mol. The third-order valence-corrected chi connectivity index (χ3v) is 3.98. The first-order valence-corrected chi connectivity index (χ1v) is 8.80. The van der Waals surface area contributed by atoms with E-state index in [1.54, 1.807) is 29.2 Å². The quantitative estimate of drug-likeness (QED) is 0.347. The highest BCUT2D eigenvalue weighted by Gasteiger charge is 2.13. The third-order valence-electron chi connectivity index (χ3n) is 3.41. The Kier molecular flexibility index (Phi) is 10.2. The molecular weight excluding hydrogens is 365 g/mol. The number of carbonyl (C=O) groups excluding carboxylic acids is 2. The third kappa shape index (κ3) is 8.38. The minimum Gasteiger partial charge on any atom is -0.469 e. The molecule has 0 saturated carbocycles. The van der Waals surface area contributed by atoms with Crippen LogP contribution >= 0.6 is 23.2 Å². The Labute approximate surface area is 158 Å². The number of esters is 1. The van der Waals surface area contributed by atoms with Gasteiger partial charge in [-0.15, -0.1) is 0 Å². The van der Waals surface area contributed by atoms with Crippen LogP contribution in [0.25, 0.3) is 6.08 Å². The summed E-state index contributed by atoms with van der Waals surface area (Å²) >= 11 is 12.0. The van der Waals surface area contributed by atoms with Gasteiger partial charge in [0, 0.05) is 42.4 Å². The van der Waals surface area contributed by atoms with Crippen molar-refractivity contribution in [2.24, 2.45) is 0 Å². The van der Waals surface area contributed by atoms with Crippen molar-refractivity contribution in [3.05, 3.63) is 39.9 Å². The minimum atomic E-state index is -0.354. The van der Waals surface area contributed by atoms with Gasteiger partial charge < -0.3 is 14.4 Å². The highest BCUT2D eigenvalue weighted by Crippen LogP contribution is 2.22. The summed E-state index contributed by atoms with van der Waals surface area (Å²) in [4.78, 5) is 25.4. The fourth-order valence-corrected chi connectivity index (χ4v) is 2.54. The Morgan fingerprint density at radius 3 is 2.64 bits per heavy atom. The zero-order chi connectivity index (χ0) is 18.7. The number of hydrogen-bond acceptors (Lipinski definition) is 4. The second-order valence-electron chi connectivity index (χ2n) is 5.20. The second kappa shape index (κ2) is 11.9. The second-order valence-corrected chi connectivity index (χ2v) is 6.04. The van der Waals surface area contributed by atoms with Crippen LogP contribution in [-0.2, 0) is 19.1 Å². The number of hydrogen-bond donors (Lipinski definition) is 0. The van der Waals surface area contributed by atoms with E-state index in [4.69, 9.17) is 27.9 Å². The van der Waals surface area contributed by atoms with E-state index < -0.39 is 0 Å². The molecule has 1 amide bonds. The van der Waals surface area contributed by atoms with E-state index in [2.05, 4.69) is 4.74 Å². The molecule has 0 N–H and O–H groups in total. The van der Waals surface area contributed by atoms with Crippen molar-refractivity contribution in [2.75, 3.05) is 33.4 Å². The fraction of sp³-hybridized carbons (Fsp3) is 0.444.